The second-order valence-corrected chi connectivity index (χ2v) is 7.58. The van der Waals surface area contributed by atoms with E-state index in [0.717, 1.165) is 42.8 Å². The van der Waals surface area contributed by atoms with Crippen LogP contribution >= 0.6 is 0 Å². The number of fused-ring (bicyclic) bond motifs is 1. The molecule has 1 aliphatic rings. The lowest BCUT2D eigenvalue weighted by atomic mass is 10.1. The molecular weight excluding hydrogens is 394 g/mol. The van der Waals surface area contributed by atoms with E-state index in [1.807, 2.05) is 18.3 Å². The van der Waals surface area contributed by atoms with Crippen LogP contribution in [0.1, 0.15) is 5.69 Å². The molecule has 2 N–H and O–H groups in total. The quantitative estimate of drug-likeness (QED) is 0.507. The second kappa shape index (κ2) is 8.29. The Hall–Kier alpha value is -3.56. The molecule has 0 atom stereocenters. The van der Waals surface area contributed by atoms with Crippen LogP contribution in [0.3, 0.4) is 0 Å². The Morgan fingerprint density at radius 3 is 2.65 bits per heavy atom. The molecule has 5 rings (SSSR count). The molecule has 0 aromatic carbocycles. The first kappa shape index (κ1) is 19.4. The summed E-state index contributed by atoms with van der Waals surface area (Å²) in [6.07, 6.45) is 6.78. The van der Waals surface area contributed by atoms with Crippen LogP contribution in [0.25, 0.3) is 22.2 Å². The lowest BCUT2D eigenvalue weighted by molar-refractivity contribution is 0.277. The number of pyridine rings is 2. The molecule has 1 aliphatic heterocycles. The fourth-order valence-electron chi connectivity index (χ4n) is 3.66. The number of nitrogens with zero attached hydrogens (tertiary/aromatic N) is 6. The van der Waals surface area contributed by atoms with Crippen molar-refractivity contribution in [2.24, 2.45) is 0 Å². The van der Waals surface area contributed by atoms with Crippen LogP contribution in [-0.2, 0) is 6.61 Å². The van der Waals surface area contributed by atoms with Gasteiger partial charge in [-0.3, -0.25) is 0 Å². The number of nitrogens with one attached hydrogen (secondary N) is 1. The highest BCUT2D eigenvalue weighted by Gasteiger charge is 2.15. The van der Waals surface area contributed by atoms with Gasteiger partial charge >= 0.3 is 0 Å². The summed E-state index contributed by atoms with van der Waals surface area (Å²) in [5.41, 5.74) is 3.76. The number of anilines is 3. The number of hydrogen-bond acceptors (Lipinski definition) is 9. The molecule has 0 bridgehead atoms. The van der Waals surface area contributed by atoms with Gasteiger partial charge in [-0.2, -0.15) is 0 Å². The average Bonchev–Trinajstić information content (AvgIpc) is 3.34. The van der Waals surface area contributed by atoms with Crippen molar-refractivity contribution in [3.05, 3.63) is 54.9 Å². The molecule has 4 aromatic rings. The van der Waals surface area contributed by atoms with Gasteiger partial charge < -0.3 is 24.6 Å². The molecule has 4 aromatic heterocycles. The van der Waals surface area contributed by atoms with Crippen molar-refractivity contribution in [3.63, 3.8) is 0 Å². The maximum Gasteiger partial charge on any atom is 0.228 e. The largest absolute Gasteiger partial charge is 0.472 e. The van der Waals surface area contributed by atoms with Gasteiger partial charge in [-0.05, 0) is 31.3 Å². The van der Waals surface area contributed by atoms with E-state index < -0.39 is 0 Å². The Morgan fingerprint density at radius 2 is 1.94 bits per heavy atom. The molecular formula is C22H23N7O2. The molecule has 0 radical (unpaired) electrons. The first-order chi connectivity index (χ1) is 15.2. The average molecular weight is 417 g/mol. The predicted octanol–water partition coefficient (Wildman–Crippen LogP) is 2.67. The van der Waals surface area contributed by atoms with Gasteiger partial charge in [-0.1, -0.05) is 0 Å². The molecule has 9 nitrogen and oxygen atoms in total. The van der Waals surface area contributed by atoms with Crippen molar-refractivity contribution in [2.75, 3.05) is 43.4 Å². The van der Waals surface area contributed by atoms with Crippen molar-refractivity contribution in [2.45, 2.75) is 6.61 Å². The summed E-state index contributed by atoms with van der Waals surface area (Å²) >= 11 is 0. The third-order valence-electron chi connectivity index (χ3n) is 5.43. The minimum atomic E-state index is -0.162. The summed E-state index contributed by atoms with van der Waals surface area (Å²) in [7, 11) is 2.14. The normalized spacial score (nSPS) is 14.8. The van der Waals surface area contributed by atoms with E-state index in [-0.39, 0.29) is 6.61 Å². The molecule has 0 amide bonds. The monoisotopic (exact) mass is 417 g/mol. The first-order valence-electron chi connectivity index (χ1n) is 10.2. The van der Waals surface area contributed by atoms with E-state index >= 15 is 0 Å². The zero-order chi connectivity index (χ0) is 21.2. The maximum atomic E-state index is 9.54. The van der Waals surface area contributed by atoms with Crippen LogP contribution in [0.2, 0.25) is 0 Å². The van der Waals surface area contributed by atoms with Crippen molar-refractivity contribution in [1.29, 1.82) is 0 Å². The summed E-state index contributed by atoms with van der Waals surface area (Å²) in [5, 5.41) is 13.5. The van der Waals surface area contributed by atoms with E-state index in [0.29, 0.717) is 28.7 Å². The number of rotatable bonds is 5. The smallest absolute Gasteiger partial charge is 0.228 e. The molecule has 31 heavy (non-hydrogen) atoms. The number of aromatic nitrogens is 4. The van der Waals surface area contributed by atoms with Crippen LogP contribution in [0, 0.1) is 0 Å². The Bertz CT molecular complexity index is 1170. The van der Waals surface area contributed by atoms with E-state index in [1.54, 1.807) is 24.8 Å². The highest BCUT2D eigenvalue weighted by Crippen LogP contribution is 2.28. The van der Waals surface area contributed by atoms with Gasteiger partial charge in [0.1, 0.15) is 17.0 Å². The van der Waals surface area contributed by atoms with E-state index in [9.17, 15) is 5.11 Å². The third kappa shape index (κ3) is 4.05. The fraction of sp³-hybridized carbons (Fsp3) is 0.273. The highest BCUT2D eigenvalue weighted by atomic mass is 16.3. The number of likely N-dealkylation sites (N-methyl/N-ethyl adjacent to an activating group) is 1. The number of furan rings is 1. The third-order valence-corrected chi connectivity index (χ3v) is 5.43. The van der Waals surface area contributed by atoms with E-state index in [2.05, 4.69) is 48.2 Å². The zero-order valence-electron chi connectivity index (χ0n) is 17.2. The van der Waals surface area contributed by atoms with Crippen molar-refractivity contribution < 1.29 is 9.52 Å². The van der Waals surface area contributed by atoms with Gasteiger partial charge in [0.15, 0.2) is 0 Å². The molecule has 0 saturated carbocycles. The number of hydrogen-bond donors (Lipinski definition) is 2. The molecule has 1 saturated heterocycles. The van der Waals surface area contributed by atoms with Gasteiger partial charge in [0.05, 0.1) is 36.7 Å². The maximum absolute atomic E-state index is 9.54. The van der Waals surface area contributed by atoms with Gasteiger partial charge in [-0.25, -0.2) is 19.9 Å². The molecule has 9 heteroatoms. The second-order valence-electron chi connectivity index (χ2n) is 7.58. The van der Waals surface area contributed by atoms with Crippen LogP contribution < -0.4 is 10.2 Å². The zero-order valence-corrected chi connectivity index (χ0v) is 17.2. The van der Waals surface area contributed by atoms with Crippen LogP contribution in [-0.4, -0.2) is 63.2 Å². The minimum absolute atomic E-state index is 0.162. The first-order valence-corrected chi connectivity index (χ1v) is 10.2. The van der Waals surface area contributed by atoms with Gasteiger partial charge in [0.2, 0.25) is 5.95 Å². The number of piperazine rings is 1. The highest BCUT2D eigenvalue weighted by molar-refractivity contribution is 5.91. The van der Waals surface area contributed by atoms with Crippen LogP contribution in [0.4, 0.5) is 17.5 Å². The summed E-state index contributed by atoms with van der Waals surface area (Å²) in [4.78, 5) is 22.8. The van der Waals surface area contributed by atoms with Gasteiger partial charge in [0, 0.05) is 43.3 Å². The lowest BCUT2D eigenvalue weighted by Gasteiger charge is -2.33. The minimum Gasteiger partial charge on any atom is -0.472 e. The molecule has 158 valence electrons. The van der Waals surface area contributed by atoms with E-state index in [1.165, 1.54) is 0 Å². The molecule has 0 aliphatic carbocycles. The van der Waals surface area contributed by atoms with Crippen molar-refractivity contribution in [1.82, 2.24) is 24.8 Å². The summed E-state index contributed by atoms with van der Waals surface area (Å²) in [6.45, 7) is 3.94. The standard InChI is InChI=1S/C22H23N7O2/c1-28-5-7-29(8-6-28)18-2-3-19(23-12-18)26-22-24-11-16-10-17(13-30)25-20(21(16)27-22)15-4-9-31-14-15/h2-4,9-12,14,30H,5-8,13H2,1H3,(H,23,24,26,27). The van der Waals surface area contributed by atoms with Gasteiger partial charge in [-0.15, -0.1) is 0 Å². The topological polar surface area (TPSA) is 103 Å². The molecule has 5 heterocycles. The van der Waals surface area contributed by atoms with E-state index in [4.69, 9.17) is 4.42 Å². The number of aliphatic hydroxyl groups is 1. The Balaban J connectivity index is 1.41. The van der Waals surface area contributed by atoms with Gasteiger partial charge in [0.25, 0.3) is 0 Å². The summed E-state index contributed by atoms with van der Waals surface area (Å²) < 4.78 is 5.21. The number of aliphatic hydroxyl groups excluding tert-OH is 1. The molecule has 0 spiro atoms. The predicted molar refractivity (Wildman–Crippen MR) is 118 cm³/mol. The van der Waals surface area contributed by atoms with Crippen molar-refractivity contribution in [3.8, 4) is 11.3 Å². The fourth-order valence-corrected chi connectivity index (χ4v) is 3.66. The Kier molecular flexibility index (Phi) is 5.19. The Morgan fingerprint density at radius 1 is 1.06 bits per heavy atom. The summed E-state index contributed by atoms with van der Waals surface area (Å²) in [5.74, 6) is 1.10. The Labute approximate surface area is 179 Å². The van der Waals surface area contributed by atoms with Crippen molar-refractivity contribution >= 4 is 28.4 Å². The molecule has 1 fully saturated rings. The lowest BCUT2D eigenvalue weighted by Crippen LogP contribution is -2.44. The summed E-state index contributed by atoms with van der Waals surface area (Å²) in [6, 6.07) is 7.60. The SMILES string of the molecule is CN1CCN(c2ccc(Nc3ncc4cc(CO)nc(-c5ccoc5)c4n3)nc2)CC1. The molecule has 0 unspecified atom stereocenters. The van der Waals surface area contributed by atoms with Crippen LogP contribution in [0.15, 0.2) is 53.6 Å². The van der Waals surface area contributed by atoms with Crippen LogP contribution in [0.5, 0.6) is 0 Å².